The molecule has 0 aliphatic carbocycles. The van der Waals surface area contributed by atoms with Gasteiger partial charge in [0.2, 0.25) is 0 Å². The molecule has 0 radical (unpaired) electrons. The minimum absolute atomic E-state index is 0.421. The van der Waals surface area contributed by atoms with E-state index in [1.807, 2.05) is 18.3 Å². The van der Waals surface area contributed by atoms with Gasteiger partial charge in [-0.15, -0.1) is 0 Å². The normalized spacial score (nSPS) is 11.1. The molecule has 0 unspecified atom stereocenters. The quantitative estimate of drug-likeness (QED) is 0.549. The maximum atomic E-state index is 5.74. The van der Waals surface area contributed by atoms with Crippen LogP contribution in [0.3, 0.4) is 0 Å². The van der Waals surface area contributed by atoms with Gasteiger partial charge in [0, 0.05) is 6.20 Å². The van der Waals surface area contributed by atoms with Gasteiger partial charge in [0.1, 0.15) is 17.4 Å². The number of fused-ring (bicyclic) bond motifs is 3. The van der Waals surface area contributed by atoms with Crippen LogP contribution in [0, 0.1) is 0 Å². The summed E-state index contributed by atoms with van der Waals surface area (Å²) in [6.45, 7) is 0. The highest BCUT2D eigenvalue weighted by Crippen LogP contribution is 2.22. The molecular formula is C9H7N5. The van der Waals surface area contributed by atoms with Crippen molar-refractivity contribution in [2.75, 3.05) is 5.73 Å². The molecule has 5 heteroatoms. The van der Waals surface area contributed by atoms with E-state index in [1.54, 1.807) is 0 Å². The maximum Gasteiger partial charge on any atom is 0.152 e. The predicted octanol–water partition coefficient (Wildman–Crippen LogP) is 1.09. The van der Waals surface area contributed by atoms with Crippen LogP contribution in [0.2, 0.25) is 0 Å². The Morgan fingerprint density at radius 2 is 2.07 bits per heavy atom. The molecule has 3 N–H and O–H groups in total. The van der Waals surface area contributed by atoms with Crippen LogP contribution < -0.4 is 5.73 Å². The van der Waals surface area contributed by atoms with Crippen molar-refractivity contribution in [3.63, 3.8) is 0 Å². The SMILES string of the molecule is Nc1nc2ccc[nH]c2c2ncnc12. The molecule has 3 aromatic rings. The highest BCUT2D eigenvalue weighted by Gasteiger charge is 2.08. The number of hydrogen-bond donors (Lipinski definition) is 2. The smallest absolute Gasteiger partial charge is 0.152 e. The molecule has 0 saturated heterocycles. The number of nitrogens with one attached hydrogen (secondary N) is 1. The van der Waals surface area contributed by atoms with Crippen LogP contribution in [-0.2, 0) is 0 Å². The van der Waals surface area contributed by atoms with Gasteiger partial charge < -0.3 is 10.7 Å². The van der Waals surface area contributed by atoms with E-state index in [0.717, 1.165) is 16.6 Å². The molecule has 0 amide bonds. The number of imidazole rings is 1. The molecule has 5 nitrogen and oxygen atoms in total. The molecule has 3 rings (SSSR count). The van der Waals surface area contributed by atoms with Crippen molar-refractivity contribution >= 4 is 27.9 Å². The van der Waals surface area contributed by atoms with Crippen molar-refractivity contribution in [2.45, 2.75) is 0 Å². The summed E-state index contributed by atoms with van der Waals surface area (Å²) in [5.41, 5.74) is 8.84. The molecule has 14 heavy (non-hydrogen) atoms. The summed E-state index contributed by atoms with van der Waals surface area (Å²) in [5.74, 6) is 0.421. The molecular weight excluding hydrogens is 178 g/mol. The van der Waals surface area contributed by atoms with Crippen LogP contribution in [0.25, 0.3) is 22.1 Å². The van der Waals surface area contributed by atoms with E-state index < -0.39 is 0 Å². The summed E-state index contributed by atoms with van der Waals surface area (Å²) in [7, 11) is 0. The summed E-state index contributed by atoms with van der Waals surface area (Å²) in [5, 5.41) is 0. The van der Waals surface area contributed by atoms with Crippen LogP contribution in [0.5, 0.6) is 0 Å². The Kier molecular flexibility index (Phi) is 1.25. The van der Waals surface area contributed by atoms with Gasteiger partial charge >= 0.3 is 0 Å². The van der Waals surface area contributed by atoms with Gasteiger partial charge in [-0.1, -0.05) is 0 Å². The Morgan fingerprint density at radius 1 is 1.21 bits per heavy atom. The second kappa shape index (κ2) is 2.41. The van der Waals surface area contributed by atoms with Gasteiger partial charge in [-0.25, -0.2) is 15.0 Å². The number of nitrogens with zero attached hydrogens (tertiary/aromatic N) is 3. The van der Waals surface area contributed by atoms with E-state index in [0.29, 0.717) is 11.3 Å². The molecule has 0 spiro atoms. The molecule has 68 valence electrons. The molecule has 0 aliphatic heterocycles. The highest BCUT2D eigenvalue weighted by molar-refractivity contribution is 6.03. The fourth-order valence-electron chi connectivity index (χ4n) is 1.53. The minimum Gasteiger partial charge on any atom is -0.382 e. The first kappa shape index (κ1) is 7.25. The number of pyridine rings is 2. The number of aromatic amines is 1. The third-order valence-corrected chi connectivity index (χ3v) is 2.15. The first-order valence-corrected chi connectivity index (χ1v) is 4.19. The van der Waals surface area contributed by atoms with Crippen molar-refractivity contribution in [1.82, 2.24) is 19.9 Å². The first-order chi connectivity index (χ1) is 6.86. The van der Waals surface area contributed by atoms with Gasteiger partial charge in [0.05, 0.1) is 11.0 Å². The molecule has 0 saturated carbocycles. The lowest BCUT2D eigenvalue weighted by atomic mass is 10.3. The van der Waals surface area contributed by atoms with E-state index in [2.05, 4.69) is 19.9 Å². The summed E-state index contributed by atoms with van der Waals surface area (Å²) in [4.78, 5) is 15.5. The third kappa shape index (κ3) is 0.806. The summed E-state index contributed by atoms with van der Waals surface area (Å²) >= 11 is 0. The summed E-state index contributed by atoms with van der Waals surface area (Å²) in [6.07, 6.45) is 3.32. The monoisotopic (exact) mass is 185 g/mol. The van der Waals surface area contributed by atoms with Crippen molar-refractivity contribution in [1.29, 1.82) is 0 Å². The summed E-state index contributed by atoms with van der Waals surface area (Å²) in [6, 6.07) is 3.76. The van der Waals surface area contributed by atoms with E-state index >= 15 is 0 Å². The second-order valence-electron chi connectivity index (χ2n) is 3.00. The Labute approximate surface area is 79.0 Å². The molecule has 0 aliphatic rings. The number of aromatic nitrogens is 4. The zero-order valence-electron chi connectivity index (χ0n) is 7.23. The van der Waals surface area contributed by atoms with E-state index in [1.165, 1.54) is 6.33 Å². The molecule has 0 fully saturated rings. The molecule has 0 aromatic carbocycles. The lowest BCUT2D eigenvalue weighted by Gasteiger charge is -1.99. The van der Waals surface area contributed by atoms with Crippen LogP contribution >= 0.6 is 0 Å². The minimum atomic E-state index is 0.421. The first-order valence-electron chi connectivity index (χ1n) is 4.19. The van der Waals surface area contributed by atoms with Crippen LogP contribution in [0.4, 0.5) is 5.82 Å². The van der Waals surface area contributed by atoms with Crippen molar-refractivity contribution in [3.05, 3.63) is 24.7 Å². The maximum absolute atomic E-state index is 5.74. The lowest BCUT2D eigenvalue weighted by molar-refractivity contribution is 1.34. The van der Waals surface area contributed by atoms with Gasteiger partial charge in [-0.05, 0) is 12.1 Å². The number of rotatable bonds is 0. The van der Waals surface area contributed by atoms with E-state index in [4.69, 9.17) is 5.73 Å². The van der Waals surface area contributed by atoms with Crippen LogP contribution in [0.1, 0.15) is 0 Å². The Hall–Kier alpha value is -2.17. The zero-order valence-corrected chi connectivity index (χ0v) is 7.23. The van der Waals surface area contributed by atoms with Gasteiger partial charge in [-0.3, -0.25) is 0 Å². The Morgan fingerprint density at radius 3 is 3.00 bits per heavy atom. The molecule has 3 heterocycles. The predicted molar refractivity (Wildman–Crippen MR) is 53.6 cm³/mol. The summed E-state index contributed by atoms with van der Waals surface area (Å²) < 4.78 is 0. The molecule has 3 aromatic heterocycles. The molecule has 0 atom stereocenters. The molecule has 0 bridgehead atoms. The van der Waals surface area contributed by atoms with Crippen molar-refractivity contribution in [3.8, 4) is 0 Å². The Bertz CT molecular complexity index is 613. The number of nitrogen functional groups attached to an aromatic ring is 1. The zero-order chi connectivity index (χ0) is 9.54. The lowest BCUT2D eigenvalue weighted by Crippen LogP contribution is -1.93. The van der Waals surface area contributed by atoms with Crippen molar-refractivity contribution < 1.29 is 0 Å². The topological polar surface area (TPSA) is 80.5 Å². The van der Waals surface area contributed by atoms with E-state index in [9.17, 15) is 0 Å². The number of nitrogens with two attached hydrogens (primary N) is 1. The second-order valence-corrected chi connectivity index (χ2v) is 3.00. The van der Waals surface area contributed by atoms with Gasteiger partial charge in [0.15, 0.2) is 5.82 Å². The number of anilines is 1. The average molecular weight is 185 g/mol. The van der Waals surface area contributed by atoms with Crippen LogP contribution in [-0.4, -0.2) is 19.9 Å². The van der Waals surface area contributed by atoms with Gasteiger partial charge in [0.25, 0.3) is 0 Å². The van der Waals surface area contributed by atoms with Crippen LogP contribution in [0.15, 0.2) is 24.7 Å². The van der Waals surface area contributed by atoms with E-state index in [-0.39, 0.29) is 0 Å². The number of hydrogen-bond acceptors (Lipinski definition) is 4. The standard InChI is InChI=1S/C9H7N5/c10-9-8-7(12-4-13-8)6-5(14-9)2-1-3-11-6/h1-4,11H,(H2,10,14). The average Bonchev–Trinajstić information content (AvgIpc) is 2.67. The number of H-pyrrole nitrogens is 1. The van der Waals surface area contributed by atoms with Crippen molar-refractivity contribution in [2.24, 2.45) is 0 Å². The fourth-order valence-corrected chi connectivity index (χ4v) is 1.53. The Balaban J connectivity index is 2.66. The largest absolute Gasteiger partial charge is 0.382 e. The fraction of sp³-hybridized carbons (Fsp3) is 0. The van der Waals surface area contributed by atoms with Gasteiger partial charge in [-0.2, -0.15) is 0 Å². The highest BCUT2D eigenvalue weighted by atomic mass is 15.0. The third-order valence-electron chi connectivity index (χ3n) is 2.15.